The maximum Gasteiger partial charge on any atom is 0.224 e. The number of piperazine rings is 1. The number of hydrogen-bond donors (Lipinski definition) is 1. The summed E-state index contributed by atoms with van der Waals surface area (Å²) in [6, 6.07) is 11.6. The molecule has 0 saturated carbocycles. The summed E-state index contributed by atoms with van der Waals surface area (Å²) in [5.74, 6) is 2.25. The molecule has 1 aromatic carbocycles. The van der Waals surface area contributed by atoms with E-state index in [4.69, 9.17) is 10.7 Å². The number of carbonyl (C=O) groups is 1. The second kappa shape index (κ2) is 11.3. The fraction of sp³-hybridized carbons (Fsp3) is 0.476. The van der Waals surface area contributed by atoms with Crippen LogP contribution in [0.25, 0.3) is 0 Å². The van der Waals surface area contributed by atoms with Crippen LogP contribution in [0.4, 0.5) is 5.82 Å². The van der Waals surface area contributed by atoms with E-state index in [9.17, 15) is 4.79 Å². The minimum Gasteiger partial charge on any atom is -0.353 e. The first-order chi connectivity index (χ1) is 12.9. The number of nitrogens with two attached hydrogens (primary N) is 1. The average Bonchev–Trinajstić information content (AvgIpc) is 2.68. The largest absolute Gasteiger partial charge is 0.353 e. The van der Waals surface area contributed by atoms with Crippen molar-refractivity contribution in [2.24, 2.45) is 5.73 Å². The van der Waals surface area contributed by atoms with Crippen LogP contribution in [-0.4, -0.2) is 47.0 Å². The van der Waals surface area contributed by atoms with Gasteiger partial charge in [0, 0.05) is 56.3 Å². The van der Waals surface area contributed by atoms with E-state index in [1.165, 1.54) is 0 Å². The van der Waals surface area contributed by atoms with Crippen LogP contribution in [0.15, 0.2) is 36.4 Å². The predicted octanol–water partition coefficient (Wildman–Crippen LogP) is 3.49. The zero-order valence-corrected chi connectivity index (χ0v) is 18.9. The van der Waals surface area contributed by atoms with Crippen molar-refractivity contribution >= 4 is 36.5 Å². The number of anilines is 1. The molecule has 160 valence electrons. The van der Waals surface area contributed by atoms with Gasteiger partial charge in [-0.15, -0.1) is 24.8 Å². The highest BCUT2D eigenvalue weighted by atomic mass is 35.5. The van der Waals surface area contributed by atoms with Gasteiger partial charge < -0.3 is 15.5 Å². The number of hydrogen-bond acceptors (Lipinski definition) is 5. The van der Waals surface area contributed by atoms with Crippen LogP contribution >= 0.6 is 24.8 Å². The summed E-state index contributed by atoms with van der Waals surface area (Å²) >= 11 is 0. The lowest BCUT2D eigenvalue weighted by atomic mass is 10.0. The second-order valence-electron chi connectivity index (χ2n) is 7.47. The molecule has 1 saturated heterocycles. The molecular weight excluding hydrogens is 409 g/mol. The summed E-state index contributed by atoms with van der Waals surface area (Å²) in [5.41, 5.74) is 8.19. The van der Waals surface area contributed by atoms with Crippen LogP contribution in [0.5, 0.6) is 0 Å². The molecule has 1 aromatic heterocycles. The molecule has 0 aliphatic carbocycles. The smallest absolute Gasteiger partial charge is 0.224 e. The Morgan fingerprint density at radius 1 is 1.07 bits per heavy atom. The highest BCUT2D eigenvalue weighted by molar-refractivity contribution is 5.85. The summed E-state index contributed by atoms with van der Waals surface area (Å²) in [7, 11) is 0. The Morgan fingerprint density at radius 3 is 2.28 bits per heavy atom. The van der Waals surface area contributed by atoms with Gasteiger partial charge in [0.2, 0.25) is 5.91 Å². The maximum atomic E-state index is 12.6. The molecule has 2 N–H and O–H groups in total. The van der Waals surface area contributed by atoms with Crippen LogP contribution in [0, 0.1) is 6.92 Å². The fourth-order valence-electron chi connectivity index (χ4n) is 3.31. The maximum absolute atomic E-state index is 12.6. The molecule has 1 atom stereocenters. The van der Waals surface area contributed by atoms with Gasteiger partial charge >= 0.3 is 0 Å². The number of halogens is 2. The number of rotatable bonds is 5. The van der Waals surface area contributed by atoms with Crippen molar-refractivity contribution in [1.82, 2.24) is 14.9 Å². The van der Waals surface area contributed by atoms with E-state index >= 15 is 0 Å². The lowest BCUT2D eigenvalue weighted by molar-refractivity contribution is -0.131. The van der Waals surface area contributed by atoms with Gasteiger partial charge in [0.15, 0.2) is 0 Å². The van der Waals surface area contributed by atoms with Crippen molar-refractivity contribution in [3.05, 3.63) is 53.5 Å². The summed E-state index contributed by atoms with van der Waals surface area (Å²) in [4.78, 5) is 26.0. The molecule has 1 aliphatic rings. The van der Waals surface area contributed by atoms with E-state index in [0.717, 1.165) is 36.0 Å². The SMILES string of the molecule is Cc1cc(N2CCN(C(=O)CC(N)c3ccccc3)CC2)nc(C(C)C)n1.Cl.Cl. The number of aryl methyl sites for hydroxylation is 1. The molecule has 2 aromatic rings. The Balaban J connectivity index is 0.00000210. The molecule has 2 heterocycles. The standard InChI is InChI=1S/C21H29N5O.2ClH/c1-15(2)21-23-16(3)13-19(24-21)25-9-11-26(12-10-25)20(27)14-18(22)17-7-5-4-6-8-17;;/h4-8,13,15,18H,9-12,14,22H2,1-3H3;2*1H. The summed E-state index contributed by atoms with van der Waals surface area (Å²) in [5, 5.41) is 0. The van der Waals surface area contributed by atoms with Crippen molar-refractivity contribution in [2.45, 2.75) is 39.2 Å². The summed E-state index contributed by atoms with van der Waals surface area (Å²) < 4.78 is 0. The average molecular weight is 440 g/mol. The van der Waals surface area contributed by atoms with Gasteiger partial charge in [0.05, 0.1) is 0 Å². The molecule has 8 heteroatoms. The summed E-state index contributed by atoms with van der Waals surface area (Å²) in [6.07, 6.45) is 0.341. The molecule has 29 heavy (non-hydrogen) atoms. The van der Waals surface area contributed by atoms with Crippen LogP contribution < -0.4 is 10.6 Å². The molecule has 1 aliphatic heterocycles. The van der Waals surface area contributed by atoms with Gasteiger partial charge in [-0.3, -0.25) is 4.79 Å². The zero-order chi connectivity index (χ0) is 19.4. The Bertz CT molecular complexity index is 780. The topological polar surface area (TPSA) is 75.3 Å². The number of benzene rings is 1. The van der Waals surface area contributed by atoms with Crippen molar-refractivity contribution in [1.29, 1.82) is 0 Å². The molecule has 0 radical (unpaired) electrons. The van der Waals surface area contributed by atoms with Crippen LogP contribution in [-0.2, 0) is 4.79 Å². The first-order valence-electron chi connectivity index (χ1n) is 9.63. The van der Waals surface area contributed by atoms with Crippen molar-refractivity contribution in [3.63, 3.8) is 0 Å². The summed E-state index contributed by atoms with van der Waals surface area (Å²) in [6.45, 7) is 9.15. The van der Waals surface area contributed by atoms with Gasteiger partial charge in [-0.1, -0.05) is 44.2 Å². The monoisotopic (exact) mass is 439 g/mol. The van der Waals surface area contributed by atoms with E-state index in [1.807, 2.05) is 48.2 Å². The first kappa shape index (κ1) is 25.1. The molecular formula is C21H31Cl2N5O. The number of nitrogens with zero attached hydrogens (tertiary/aromatic N) is 4. The lowest BCUT2D eigenvalue weighted by Crippen LogP contribution is -2.49. The van der Waals surface area contributed by atoms with Crippen LogP contribution in [0.3, 0.4) is 0 Å². The van der Waals surface area contributed by atoms with Crippen LogP contribution in [0.1, 0.15) is 49.3 Å². The van der Waals surface area contributed by atoms with Crippen molar-refractivity contribution in [3.8, 4) is 0 Å². The third-order valence-electron chi connectivity index (χ3n) is 4.95. The van der Waals surface area contributed by atoms with Gasteiger partial charge in [-0.25, -0.2) is 9.97 Å². The lowest BCUT2D eigenvalue weighted by Gasteiger charge is -2.36. The van der Waals surface area contributed by atoms with E-state index < -0.39 is 0 Å². The second-order valence-corrected chi connectivity index (χ2v) is 7.47. The first-order valence-corrected chi connectivity index (χ1v) is 9.63. The Morgan fingerprint density at radius 2 is 1.69 bits per heavy atom. The van der Waals surface area contributed by atoms with E-state index in [0.29, 0.717) is 25.4 Å². The number of amides is 1. The number of carbonyl (C=O) groups excluding carboxylic acids is 1. The molecule has 1 unspecified atom stereocenters. The highest BCUT2D eigenvalue weighted by Crippen LogP contribution is 2.20. The van der Waals surface area contributed by atoms with E-state index in [-0.39, 0.29) is 36.8 Å². The Hall–Kier alpha value is -1.89. The van der Waals surface area contributed by atoms with Gasteiger partial charge in [0.1, 0.15) is 11.6 Å². The molecule has 1 amide bonds. The van der Waals surface area contributed by atoms with E-state index in [2.05, 4.69) is 23.7 Å². The van der Waals surface area contributed by atoms with Crippen LogP contribution in [0.2, 0.25) is 0 Å². The quantitative estimate of drug-likeness (QED) is 0.771. The zero-order valence-electron chi connectivity index (χ0n) is 17.2. The minimum atomic E-state index is -0.255. The van der Waals surface area contributed by atoms with Gasteiger partial charge in [0.25, 0.3) is 0 Å². The number of aromatic nitrogens is 2. The third kappa shape index (κ3) is 6.56. The minimum absolute atomic E-state index is 0. The van der Waals surface area contributed by atoms with E-state index in [1.54, 1.807) is 0 Å². The Labute approximate surface area is 185 Å². The van der Waals surface area contributed by atoms with Gasteiger partial charge in [-0.05, 0) is 12.5 Å². The van der Waals surface area contributed by atoms with Gasteiger partial charge in [-0.2, -0.15) is 0 Å². The molecule has 1 fully saturated rings. The molecule has 6 nitrogen and oxygen atoms in total. The van der Waals surface area contributed by atoms with Crippen molar-refractivity contribution < 1.29 is 4.79 Å². The Kier molecular flexibility index (Phi) is 9.83. The normalized spacial score (nSPS) is 14.8. The van der Waals surface area contributed by atoms with Crippen molar-refractivity contribution in [2.75, 3.05) is 31.1 Å². The molecule has 3 rings (SSSR count). The molecule has 0 bridgehead atoms. The highest BCUT2D eigenvalue weighted by Gasteiger charge is 2.24. The molecule has 0 spiro atoms. The fourth-order valence-corrected chi connectivity index (χ4v) is 3.31. The third-order valence-corrected chi connectivity index (χ3v) is 4.95. The predicted molar refractivity (Wildman–Crippen MR) is 122 cm³/mol.